The number of ketones is 3. The number of allylic oxidation sites excluding steroid dienone is 6. The molecule has 3 N–H and O–H groups in total. The van der Waals surface area contributed by atoms with E-state index in [0.29, 0.717) is 64.2 Å². The maximum Gasteiger partial charge on any atom is 0.329 e. The normalized spacial score (nSPS) is 35.3. The predicted molar refractivity (Wildman–Crippen MR) is 281 cm³/mol. The summed E-state index contributed by atoms with van der Waals surface area (Å²) in [5, 5.41) is 32.5. The highest BCUT2D eigenvalue weighted by atomic mass is 31.2. The molecule has 426 valence electrons. The number of hydrogen-bond acceptors (Lipinski definition) is 17. The highest BCUT2D eigenvalue weighted by Crippen LogP contribution is 2.48. The lowest BCUT2D eigenvalue weighted by Crippen LogP contribution is -2.61. The lowest BCUT2D eigenvalue weighted by molar-refractivity contribution is -0.265. The summed E-state index contributed by atoms with van der Waals surface area (Å²) < 4.78 is 59.8. The fourth-order valence-electron chi connectivity index (χ4n) is 10.9. The number of fused-ring (bicyclic) bond motifs is 3. The van der Waals surface area contributed by atoms with Crippen LogP contribution in [0.15, 0.2) is 47.6 Å². The molecular formula is C56H90NO17P. The van der Waals surface area contributed by atoms with E-state index >= 15 is 0 Å². The van der Waals surface area contributed by atoms with Gasteiger partial charge in [0.1, 0.15) is 18.2 Å². The number of Topliss-reactive ketones (excluding diaryl/α,β-unsaturated/α-hetero) is 3. The van der Waals surface area contributed by atoms with Crippen LogP contribution in [0.1, 0.15) is 126 Å². The predicted octanol–water partition coefficient (Wildman–Crippen LogP) is 7.05. The molecule has 4 rings (SSSR count). The van der Waals surface area contributed by atoms with E-state index in [4.69, 9.17) is 42.6 Å². The van der Waals surface area contributed by atoms with E-state index in [1.54, 1.807) is 41.1 Å². The van der Waals surface area contributed by atoms with E-state index in [2.05, 4.69) is 0 Å². The van der Waals surface area contributed by atoms with Gasteiger partial charge in [0.15, 0.2) is 11.6 Å². The summed E-state index contributed by atoms with van der Waals surface area (Å²) in [7, 11) is 0.982. The molecule has 19 heteroatoms. The van der Waals surface area contributed by atoms with Gasteiger partial charge in [0.2, 0.25) is 5.79 Å². The van der Waals surface area contributed by atoms with Crippen LogP contribution in [0.2, 0.25) is 0 Å². The zero-order valence-corrected chi connectivity index (χ0v) is 47.4. The largest absolute Gasteiger partial charge is 0.460 e. The first-order valence-corrected chi connectivity index (χ1v) is 29.1. The Hall–Kier alpha value is -3.26. The number of cyclic esters (lactones) is 1. The average Bonchev–Trinajstić information content (AvgIpc) is 3.37. The van der Waals surface area contributed by atoms with E-state index in [9.17, 15) is 38.8 Å². The number of nitrogens with zero attached hydrogens (tertiary/aromatic N) is 1. The van der Waals surface area contributed by atoms with Crippen molar-refractivity contribution in [2.75, 3.05) is 61.0 Å². The monoisotopic (exact) mass is 1080 g/mol. The third-order valence-electron chi connectivity index (χ3n) is 15.6. The van der Waals surface area contributed by atoms with Gasteiger partial charge in [0, 0.05) is 65.1 Å². The number of carbonyl (C=O) groups is 5. The van der Waals surface area contributed by atoms with Crippen LogP contribution in [0.25, 0.3) is 0 Å². The minimum absolute atomic E-state index is 0.000367. The van der Waals surface area contributed by atoms with Crippen molar-refractivity contribution in [1.82, 2.24) is 4.90 Å². The standard InChI is InChI=1S/C56H90NO17P/c1-35-17-13-12-14-18-36(2)47(67-8)33-43-22-20-41(7)56(65,73-43)53(62)54(63)57-24-16-15-19-44(57)55(64)72-48(34-45(59)37(3)30-40(6)51(61)52(69-10)50(60)39(5)29-35)38(4)31-42-21-23-46(49(32-42)68-9)74-75(11,66)71-28-27-70-26-25-58/h12-14,17-18,30,35,38-44,46-49,51-52,58,61,65H,15-16,19-29,31-34H2,1-11H3/t35-,38-,39-,40?,41-,42+,43?,44?,46-,47+,48+,49-,51-,52+,56-,75?/m1/s1. The molecule has 1 amide bonds. The van der Waals surface area contributed by atoms with Crippen LogP contribution in [0.5, 0.6) is 0 Å². The van der Waals surface area contributed by atoms with Crippen LogP contribution in [-0.4, -0.2) is 165 Å². The molecular weight excluding hydrogens is 990 g/mol. The molecule has 3 fully saturated rings. The molecule has 18 nitrogen and oxygen atoms in total. The maximum atomic E-state index is 14.6. The molecule has 16 atom stereocenters. The van der Waals surface area contributed by atoms with Crippen molar-refractivity contribution in [3.63, 3.8) is 0 Å². The highest BCUT2D eigenvalue weighted by Gasteiger charge is 2.53. The fourth-order valence-corrected chi connectivity index (χ4v) is 12.1. The first-order chi connectivity index (χ1) is 35.5. The second-order valence-corrected chi connectivity index (χ2v) is 23.6. The van der Waals surface area contributed by atoms with Crippen molar-refractivity contribution in [2.24, 2.45) is 35.5 Å². The van der Waals surface area contributed by atoms with Gasteiger partial charge >= 0.3 is 13.6 Å². The molecule has 0 spiro atoms. The molecule has 0 aromatic heterocycles. The van der Waals surface area contributed by atoms with Crippen LogP contribution in [0.4, 0.5) is 0 Å². The summed E-state index contributed by atoms with van der Waals surface area (Å²) in [6.45, 7) is 14.1. The quantitative estimate of drug-likeness (QED) is 0.0683. The van der Waals surface area contributed by atoms with Gasteiger partial charge < -0.3 is 57.7 Å². The zero-order valence-electron chi connectivity index (χ0n) is 46.5. The van der Waals surface area contributed by atoms with Crippen LogP contribution in [-0.2, 0) is 66.0 Å². The third-order valence-corrected chi connectivity index (χ3v) is 16.9. The lowest BCUT2D eigenvalue weighted by atomic mass is 9.78. The summed E-state index contributed by atoms with van der Waals surface area (Å²) in [6.07, 6.45) is 10.3. The summed E-state index contributed by atoms with van der Waals surface area (Å²) in [6, 6.07) is -1.19. The first kappa shape index (κ1) is 64.3. The zero-order chi connectivity index (χ0) is 55.6. The summed E-state index contributed by atoms with van der Waals surface area (Å²) in [4.78, 5) is 72.6. The van der Waals surface area contributed by atoms with Gasteiger partial charge in [-0.25, -0.2) is 4.79 Å². The molecule has 3 heterocycles. The summed E-state index contributed by atoms with van der Waals surface area (Å²) in [5.41, 5.74) is 1.14. The molecule has 1 aliphatic carbocycles. The van der Waals surface area contributed by atoms with Crippen LogP contribution in [0.3, 0.4) is 0 Å². The summed E-state index contributed by atoms with van der Waals surface area (Å²) >= 11 is 0. The van der Waals surface area contributed by atoms with Gasteiger partial charge in [0.05, 0.1) is 56.9 Å². The Kier molecular flexibility index (Phi) is 26.4. The van der Waals surface area contributed by atoms with Crippen LogP contribution in [0, 0.1) is 35.5 Å². The Morgan fingerprint density at radius 3 is 2.28 bits per heavy atom. The molecule has 2 saturated heterocycles. The highest BCUT2D eigenvalue weighted by molar-refractivity contribution is 7.53. The summed E-state index contributed by atoms with van der Waals surface area (Å²) in [5.74, 6) is -8.44. The van der Waals surface area contributed by atoms with E-state index < -0.39 is 103 Å². The smallest absolute Gasteiger partial charge is 0.329 e. The number of methoxy groups -OCH3 is 3. The molecule has 0 aromatic carbocycles. The number of esters is 1. The van der Waals surface area contributed by atoms with Gasteiger partial charge in [0.25, 0.3) is 11.7 Å². The van der Waals surface area contributed by atoms with Gasteiger partial charge in [-0.3, -0.25) is 23.7 Å². The van der Waals surface area contributed by atoms with Gasteiger partial charge in [-0.15, -0.1) is 0 Å². The van der Waals surface area contributed by atoms with Crippen molar-refractivity contribution >= 4 is 36.8 Å². The molecule has 4 unspecified atom stereocenters. The maximum absolute atomic E-state index is 14.6. The van der Waals surface area contributed by atoms with Crippen molar-refractivity contribution in [1.29, 1.82) is 0 Å². The number of aliphatic hydroxyl groups is 3. The van der Waals surface area contributed by atoms with Gasteiger partial charge in [-0.1, -0.05) is 71.1 Å². The van der Waals surface area contributed by atoms with E-state index in [1.807, 2.05) is 58.1 Å². The van der Waals surface area contributed by atoms with Crippen molar-refractivity contribution < 1.29 is 81.3 Å². The molecule has 1 saturated carbocycles. The number of amides is 1. The number of piperidine rings is 1. The molecule has 0 radical (unpaired) electrons. The van der Waals surface area contributed by atoms with Gasteiger partial charge in [-0.2, -0.15) is 0 Å². The molecule has 75 heavy (non-hydrogen) atoms. The average molecular weight is 1080 g/mol. The molecule has 4 aliphatic rings. The number of rotatable bonds is 14. The SMILES string of the molecule is CO[C@H]1CC2CC[C@@H](C)[C@@](O)(O2)C(=O)C(=O)N2CCCCC2C(=O)O[C@H]([C@H](C)C[C@@H]2CC[C@@H](OP(C)(=O)OCCOCCO)[C@H](OC)C2)CC(=O)C(C)=CC(C)[C@@H](O)[C@@H](OC)C(=O)[C@H](C)C[C@H](C)C=CC=CC=C1C. The number of aliphatic hydroxyl groups excluding tert-OH is 2. The Morgan fingerprint density at radius 2 is 1.60 bits per heavy atom. The second kappa shape index (κ2) is 30.8. The Labute approximate surface area is 445 Å². The van der Waals surface area contributed by atoms with Crippen molar-refractivity contribution in [3.05, 3.63) is 47.6 Å². The van der Waals surface area contributed by atoms with Gasteiger partial charge in [-0.05, 0) is 107 Å². The second-order valence-electron chi connectivity index (χ2n) is 21.6. The van der Waals surface area contributed by atoms with Crippen LogP contribution < -0.4 is 0 Å². The first-order valence-electron chi connectivity index (χ1n) is 27.1. The Bertz CT molecular complexity index is 2060. The van der Waals surface area contributed by atoms with E-state index in [-0.39, 0.29) is 74.8 Å². The van der Waals surface area contributed by atoms with Crippen molar-refractivity contribution in [2.45, 2.75) is 180 Å². The Morgan fingerprint density at radius 1 is 0.867 bits per heavy atom. The fraction of sp³-hybridized carbons (Fsp3) is 0.768. The third kappa shape index (κ3) is 18.7. The lowest BCUT2D eigenvalue weighted by Gasteiger charge is -2.42. The number of ether oxygens (including phenoxy) is 6. The minimum Gasteiger partial charge on any atom is -0.460 e. The van der Waals surface area contributed by atoms with E-state index in [0.717, 1.165) is 5.57 Å². The minimum atomic E-state index is -3.51. The molecule has 3 aliphatic heterocycles. The van der Waals surface area contributed by atoms with Crippen LogP contribution >= 0.6 is 7.60 Å². The van der Waals surface area contributed by atoms with Crippen molar-refractivity contribution in [3.8, 4) is 0 Å². The van der Waals surface area contributed by atoms with E-state index in [1.165, 1.54) is 18.7 Å². The number of carbonyl (C=O) groups excluding carboxylic acids is 5. The molecule has 0 aromatic rings. The Balaban J connectivity index is 1.66. The molecule has 2 bridgehead atoms. The number of hydrogen-bond donors (Lipinski definition) is 3. The topological polar surface area (TPSA) is 240 Å².